The van der Waals surface area contributed by atoms with Crippen LogP contribution >= 0.6 is 11.8 Å². The Kier molecular flexibility index (Phi) is 5.99. The Morgan fingerprint density at radius 1 is 1.11 bits per heavy atom. The van der Waals surface area contributed by atoms with E-state index in [9.17, 15) is 17.2 Å². The zero-order chi connectivity index (χ0) is 20.3. The number of hydrogen-bond acceptors (Lipinski definition) is 6. The van der Waals surface area contributed by atoms with Crippen molar-refractivity contribution in [3.63, 3.8) is 0 Å². The molecular weight excluding hydrogens is 408 g/mol. The fraction of sp³-hybridized carbons (Fsp3) is 0.222. The van der Waals surface area contributed by atoms with Gasteiger partial charge < -0.3 is 9.30 Å². The first-order valence-corrected chi connectivity index (χ1v) is 10.6. The maximum absolute atomic E-state index is 12.6. The second-order valence-corrected chi connectivity index (χ2v) is 8.66. The average Bonchev–Trinajstić information content (AvgIpc) is 3.06. The van der Waals surface area contributed by atoms with Gasteiger partial charge in [0.15, 0.2) is 11.0 Å². The minimum Gasteiger partial charge on any atom is -0.496 e. The van der Waals surface area contributed by atoms with Crippen molar-refractivity contribution in [2.24, 2.45) is 7.05 Å². The van der Waals surface area contributed by atoms with Crippen LogP contribution < -0.4 is 4.74 Å². The molecule has 2 aromatic carbocycles. The van der Waals surface area contributed by atoms with Crippen molar-refractivity contribution in [3.05, 3.63) is 54.1 Å². The Balaban J connectivity index is 1.75. The summed E-state index contributed by atoms with van der Waals surface area (Å²) in [5.41, 5.74) is 1.59. The van der Waals surface area contributed by atoms with Gasteiger partial charge in [-0.1, -0.05) is 36.0 Å². The van der Waals surface area contributed by atoms with Gasteiger partial charge in [-0.15, -0.1) is 10.2 Å². The highest BCUT2D eigenvalue weighted by atomic mass is 32.2. The van der Waals surface area contributed by atoms with Gasteiger partial charge in [0.2, 0.25) is 9.84 Å². The number of methoxy groups -OCH3 is 1. The van der Waals surface area contributed by atoms with Crippen molar-refractivity contribution in [3.8, 4) is 17.1 Å². The summed E-state index contributed by atoms with van der Waals surface area (Å²) in [6.07, 6.45) is 0. The molecule has 10 heteroatoms. The smallest absolute Gasteiger partial charge is 0.341 e. The highest BCUT2D eigenvalue weighted by Gasteiger charge is 2.26. The number of aromatic nitrogens is 3. The Hall–Kier alpha value is -2.46. The van der Waals surface area contributed by atoms with Crippen LogP contribution in [0.5, 0.6) is 5.75 Å². The second-order valence-electron chi connectivity index (χ2n) is 5.80. The van der Waals surface area contributed by atoms with E-state index in [-0.39, 0.29) is 0 Å². The highest BCUT2D eigenvalue weighted by molar-refractivity contribution is 7.98. The van der Waals surface area contributed by atoms with Crippen LogP contribution in [0, 0.1) is 0 Å². The number of thioether (sulfide) groups is 1. The van der Waals surface area contributed by atoms with Gasteiger partial charge in [-0.25, -0.2) is 8.42 Å². The fourth-order valence-electron chi connectivity index (χ4n) is 2.53. The van der Waals surface area contributed by atoms with Crippen LogP contribution in [-0.2, 0) is 22.6 Å². The number of para-hydroxylation sites is 1. The molecule has 0 aliphatic heterocycles. The number of sulfone groups is 1. The first-order chi connectivity index (χ1) is 13.3. The van der Waals surface area contributed by atoms with E-state index in [1.165, 1.54) is 36.0 Å². The first kappa shape index (κ1) is 20.3. The Morgan fingerprint density at radius 2 is 1.79 bits per heavy atom. The molecule has 0 spiro atoms. The summed E-state index contributed by atoms with van der Waals surface area (Å²) >= 11 is 1.40. The third-order valence-electron chi connectivity index (χ3n) is 4.04. The van der Waals surface area contributed by atoms with Gasteiger partial charge in [0.1, 0.15) is 5.75 Å². The molecule has 0 amide bonds. The van der Waals surface area contributed by atoms with E-state index in [1.54, 1.807) is 7.11 Å². The van der Waals surface area contributed by atoms with Crippen LogP contribution in [0.1, 0.15) is 5.56 Å². The van der Waals surface area contributed by atoms with Crippen LogP contribution in [-0.4, -0.2) is 36.0 Å². The quantitative estimate of drug-likeness (QED) is 0.537. The van der Waals surface area contributed by atoms with Crippen LogP contribution in [0.3, 0.4) is 0 Å². The van der Waals surface area contributed by atoms with Gasteiger partial charge >= 0.3 is 5.76 Å². The molecule has 1 heterocycles. The molecule has 1 aromatic heterocycles. The summed E-state index contributed by atoms with van der Waals surface area (Å²) in [7, 11) is -1.16. The van der Waals surface area contributed by atoms with E-state index in [4.69, 9.17) is 4.74 Å². The average molecular weight is 425 g/mol. The predicted molar refractivity (Wildman–Crippen MR) is 102 cm³/mol. The third-order valence-corrected chi connectivity index (χ3v) is 6.53. The Labute approximate surface area is 165 Å². The van der Waals surface area contributed by atoms with Gasteiger partial charge in [0.05, 0.1) is 17.6 Å². The predicted octanol–water partition coefficient (Wildman–Crippen LogP) is 3.78. The number of hydrogen-bond donors (Lipinski definition) is 0. The van der Waals surface area contributed by atoms with Crippen molar-refractivity contribution in [1.29, 1.82) is 0 Å². The lowest BCUT2D eigenvalue weighted by molar-refractivity contribution is 0.234. The molecule has 0 N–H and O–H groups in total. The lowest BCUT2D eigenvalue weighted by atomic mass is 10.2. The standard InChI is InChI=1S/C18H17F2N3O3S2/c1-23-16(14-5-3-4-6-15(14)26-2)21-22-18(23)27-11-12-7-9-13(10-8-12)28(24,25)17(19)20/h3-10,17H,11H2,1-2H3. The first-order valence-electron chi connectivity index (χ1n) is 8.11. The lowest BCUT2D eigenvalue weighted by Gasteiger charge is -2.08. The van der Waals surface area contributed by atoms with Crippen LogP contribution in [0.25, 0.3) is 11.4 Å². The summed E-state index contributed by atoms with van der Waals surface area (Å²) in [4.78, 5) is -0.395. The molecule has 0 unspecified atom stereocenters. The van der Waals surface area contributed by atoms with Crippen molar-refractivity contribution >= 4 is 21.6 Å². The van der Waals surface area contributed by atoms with Gasteiger partial charge in [0, 0.05) is 12.8 Å². The molecule has 6 nitrogen and oxygen atoms in total. The van der Waals surface area contributed by atoms with Crippen LogP contribution in [0.4, 0.5) is 8.78 Å². The molecule has 148 valence electrons. The number of halogens is 2. The van der Waals surface area contributed by atoms with Crippen LogP contribution in [0.15, 0.2) is 58.6 Å². The van der Waals surface area contributed by atoms with Crippen molar-refractivity contribution in [2.45, 2.75) is 21.6 Å². The molecule has 0 saturated heterocycles. The van der Waals surface area contributed by atoms with Gasteiger partial charge in [-0.3, -0.25) is 0 Å². The number of alkyl halides is 2. The maximum atomic E-state index is 12.6. The molecule has 0 aliphatic rings. The van der Waals surface area contributed by atoms with E-state index in [2.05, 4.69) is 10.2 Å². The molecule has 0 aliphatic carbocycles. The molecule has 3 aromatic rings. The minimum absolute atomic E-state index is 0.395. The summed E-state index contributed by atoms with van der Waals surface area (Å²) in [6, 6.07) is 12.9. The third kappa shape index (κ3) is 4.02. The van der Waals surface area contributed by atoms with Gasteiger partial charge in [-0.2, -0.15) is 8.78 Å². The number of ether oxygens (including phenoxy) is 1. The van der Waals surface area contributed by atoms with Gasteiger partial charge in [-0.05, 0) is 29.8 Å². The van der Waals surface area contributed by atoms with Crippen LogP contribution in [0.2, 0.25) is 0 Å². The van der Waals surface area contributed by atoms with E-state index >= 15 is 0 Å². The monoisotopic (exact) mass is 425 g/mol. The van der Waals surface area contributed by atoms with E-state index in [0.717, 1.165) is 11.1 Å². The number of rotatable bonds is 7. The second kappa shape index (κ2) is 8.27. The topological polar surface area (TPSA) is 74.1 Å². The van der Waals surface area contributed by atoms with Crippen molar-refractivity contribution in [1.82, 2.24) is 14.8 Å². The lowest BCUT2D eigenvalue weighted by Crippen LogP contribution is -2.11. The summed E-state index contributed by atoms with van der Waals surface area (Å²) < 4.78 is 55.3. The Bertz CT molecular complexity index is 1070. The summed E-state index contributed by atoms with van der Waals surface area (Å²) in [6.45, 7) is 0. The highest BCUT2D eigenvalue weighted by Crippen LogP contribution is 2.31. The van der Waals surface area contributed by atoms with E-state index in [0.29, 0.717) is 22.5 Å². The summed E-state index contributed by atoms with van der Waals surface area (Å²) in [5.74, 6) is -1.61. The summed E-state index contributed by atoms with van der Waals surface area (Å²) in [5, 5.41) is 9.07. The normalized spacial score (nSPS) is 11.8. The van der Waals surface area contributed by atoms with E-state index < -0.39 is 20.5 Å². The largest absolute Gasteiger partial charge is 0.496 e. The molecular formula is C18H17F2N3O3S2. The maximum Gasteiger partial charge on any atom is 0.341 e. The molecule has 28 heavy (non-hydrogen) atoms. The molecule has 0 radical (unpaired) electrons. The molecule has 0 bridgehead atoms. The van der Waals surface area contributed by atoms with Gasteiger partial charge in [0.25, 0.3) is 0 Å². The zero-order valence-electron chi connectivity index (χ0n) is 15.0. The SMILES string of the molecule is COc1ccccc1-c1nnc(SCc2ccc(S(=O)(=O)C(F)F)cc2)n1C. The minimum atomic E-state index is -4.58. The van der Waals surface area contributed by atoms with Crippen molar-refractivity contribution < 1.29 is 21.9 Å². The molecule has 0 saturated carbocycles. The molecule has 0 atom stereocenters. The molecule has 0 fully saturated rings. The van der Waals surface area contributed by atoms with E-state index in [1.807, 2.05) is 35.9 Å². The number of benzene rings is 2. The molecule has 3 rings (SSSR count). The zero-order valence-corrected chi connectivity index (χ0v) is 16.7. The Morgan fingerprint density at radius 3 is 2.43 bits per heavy atom. The van der Waals surface area contributed by atoms with Crippen molar-refractivity contribution in [2.75, 3.05) is 7.11 Å². The number of nitrogens with zero attached hydrogens (tertiary/aromatic N) is 3. The fourth-order valence-corrected chi connectivity index (χ4v) is 4.12.